The van der Waals surface area contributed by atoms with E-state index in [9.17, 15) is 14.3 Å². The summed E-state index contributed by atoms with van der Waals surface area (Å²) in [7, 11) is 0. The quantitative estimate of drug-likeness (QED) is 0.895. The minimum Gasteiger partial charge on any atom is -0.480 e. The Balaban J connectivity index is 2.38. The predicted octanol–water partition coefficient (Wildman–Crippen LogP) is 3.61. The lowest BCUT2D eigenvalue weighted by molar-refractivity contribution is -0.151. The number of likely N-dealkylation sites (tertiary alicyclic amines) is 1. The maximum Gasteiger partial charge on any atom is 0.324 e. The number of hydrogen-bond acceptors (Lipinski definition) is 2. The molecule has 0 aliphatic carbocycles. The minimum atomic E-state index is -0.799. The molecule has 2 atom stereocenters. The van der Waals surface area contributed by atoms with Crippen molar-refractivity contribution in [3.63, 3.8) is 0 Å². The summed E-state index contributed by atoms with van der Waals surface area (Å²) in [5.41, 5.74) is 0.0703. The SMILES string of the molecule is CCC(c1cccc(F)c1)N1CCCC1(CC)C(=O)O. The van der Waals surface area contributed by atoms with Crippen LogP contribution in [-0.2, 0) is 4.79 Å². The van der Waals surface area contributed by atoms with Crippen LogP contribution in [0.1, 0.15) is 51.1 Å². The third kappa shape index (κ3) is 2.44. The molecule has 1 aromatic carbocycles. The van der Waals surface area contributed by atoms with E-state index in [1.807, 2.05) is 19.9 Å². The highest BCUT2D eigenvalue weighted by Gasteiger charge is 2.48. The van der Waals surface area contributed by atoms with E-state index < -0.39 is 11.5 Å². The highest BCUT2D eigenvalue weighted by molar-refractivity contribution is 5.79. The van der Waals surface area contributed by atoms with Crippen molar-refractivity contribution >= 4 is 5.97 Å². The maximum atomic E-state index is 13.4. The van der Waals surface area contributed by atoms with Gasteiger partial charge in [0.2, 0.25) is 0 Å². The van der Waals surface area contributed by atoms with Crippen molar-refractivity contribution in [1.82, 2.24) is 4.90 Å². The molecule has 0 radical (unpaired) electrons. The van der Waals surface area contributed by atoms with Gasteiger partial charge in [-0.2, -0.15) is 0 Å². The van der Waals surface area contributed by atoms with Crippen LogP contribution >= 0.6 is 0 Å². The Bertz CT molecular complexity index is 491. The topological polar surface area (TPSA) is 40.5 Å². The van der Waals surface area contributed by atoms with Crippen molar-refractivity contribution in [3.8, 4) is 0 Å². The van der Waals surface area contributed by atoms with Crippen molar-refractivity contribution in [2.75, 3.05) is 6.54 Å². The van der Waals surface area contributed by atoms with E-state index in [-0.39, 0.29) is 11.9 Å². The number of aliphatic carboxylic acids is 1. The summed E-state index contributed by atoms with van der Waals surface area (Å²) < 4.78 is 13.4. The van der Waals surface area contributed by atoms with Gasteiger partial charge in [-0.25, -0.2) is 4.39 Å². The fraction of sp³-hybridized carbons (Fsp3) is 0.562. The number of halogens is 1. The molecule has 1 fully saturated rings. The van der Waals surface area contributed by atoms with Crippen LogP contribution in [-0.4, -0.2) is 28.1 Å². The first-order valence-corrected chi connectivity index (χ1v) is 7.30. The van der Waals surface area contributed by atoms with Crippen molar-refractivity contribution in [1.29, 1.82) is 0 Å². The summed E-state index contributed by atoms with van der Waals surface area (Å²) in [6, 6.07) is 6.48. The van der Waals surface area contributed by atoms with Gasteiger partial charge >= 0.3 is 5.97 Å². The molecule has 0 saturated carbocycles. The molecule has 2 rings (SSSR count). The summed E-state index contributed by atoms with van der Waals surface area (Å²) in [5.74, 6) is -1.02. The van der Waals surface area contributed by atoms with E-state index in [1.165, 1.54) is 12.1 Å². The van der Waals surface area contributed by atoms with Crippen LogP contribution in [0.5, 0.6) is 0 Å². The van der Waals surface area contributed by atoms with Gasteiger partial charge in [-0.15, -0.1) is 0 Å². The van der Waals surface area contributed by atoms with Crippen LogP contribution in [0.3, 0.4) is 0 Å². The van der Waals surface area contributed by atoms with Gasteiger partial charge in [0.25, 0.3) is 0 Å². The van der Waals surface area contributed by atoms with E-state index in [0.717, 1.165) is 24.9 Å². The largest absolute Gasteiger partial charge is 0.480 e. The molecule has 1 aliphatic rings. The smallest absolute Gasteiger partial charge is 0.324 e. The molecule has 1 aromatic rings. The first kappa shape index (κ1) is 15.0. The lowest BCUT2D eigenvalue weighted by atomic mass is 9.90. The molecule has 1 heterocycles. The average Bonchev–Trinajstić information content (AvgIpc) is 2.85. The van der Waals surface area contributed by atoms with Gasteiger partial charge in [0, 0.05) is 6.04 Å². The second kappa shape index (κ2) is 5.92. The number of nitrogens with zero attached hydrogens (tertiary/aromatic N) is 1. The summed E-state index contributed by atoms with van der Waals surface area (Å²) in [4.78, 5) is 13.8. The van der Waals surface area contributed by atoms with E-state index in [1.54, 1.807) is 6.07 Å². The molecule has 3 nitrogen and oxygen atoms in total. The monoisotopic (exact) mass is 279 g/mol. The number of rotatable bonds is 5. The summed E-state index contributed by atoms with van der Waals surface area (Å²) in [6.45, 7) is 4.70. The zero-order chi connectivity index (χ0) is 14.8. The standard InChI is InChI=1S/C16H22FNO2/c1-3-14(12-7-5-8-13(17)11-12)18-10-6-9-16(18,4-2)15(19)20/h5,7-8,11,14H,3-4,6,9-10H2,1-2H3,(H,19,20). The van der Waals surface area contributed by atoms with Gasteiger partial charge in [-0.05, 0) is 49.9 Å². The molecule has 0 amide bonds. The number of carboxylic acids is 1. The normalized spacial score (nSPS) is 24.8. The Morgan fingerprint density at radius 2 is 2.25 bits per heavy atom. The molecular weight excluding hydrogens is 257 g/mol. The molecule has 2 unspecified atom stereocenters. The van der Waals surface area contributed by atoms with Crippen LogP contribution < -0.4 is 0 Å². The molecular formula is C16H22FNO2. The van der Waals surface area contributed by atoms with E-state index in [0.29, 0.717) is 12.8 Å². The van der Waals surface area contributed by atoms with E-state index in [4.69, 9.17) is 0 Å². The highest BCUT2D eigenvalue weighted by atomic mass is 19.1. The summed E-state index contributed by atoms with van der Waals surface area (Å²) in [6.07, 6.45) is 2.91. The van der Waals surface area contributed by atoms with Crippen molar-refractivity contribution in [2.45, 2.75) is 51.1 Å². The van der Waals surface area contributed by atoms with Crippen LogP contribution in [0.4, 0.5) is 4.39 Å². The average molecular weight is 279 g/mol. The number of carboxylic acid groups (broad SMARTS) is 1. The van der Waals surface area contributed by atoms with Crippen LogP contribution in [0.15, 0.2) is 24.3 Å². The second-order valence-electron chi connectivity index (χ2n) is 5.47. The van der Waals surface area contributed by atoms with Gasteiger partial charge in [-0.1, -0.05) is 26.0 Å². The Kier molecular flexibility index (Phi) is 4.43. The van der Waals surface area contributed by atoms with Gasteiger partial charge in [-0.3, -0.25) is 9.69 Å². The Morgan fingerprint density at radius 3 is 2.80 bits per heavy atom. The molecule has 20 heavy (non-hydrogen) atoms. The molecule has 0 spiro atoms. The zero-order valence-electron chi connectivity index (χ0n) is 12.1. The van der Waals surface area contributed by atoms with Crippen molar-refractivity contribution < 1.29 is 14.3 Å². The minimum absolute atomic E-state index is 0.0377. The fourth-order valence-corrected chi connectivity index (χ4v) is 3.46. The lowest BCUT2D eigenvalue weighted by Crippen LogP contribution is -2.51. The Hall–Kier alpha value is -1.42. The van der Waals surface area contributed by atoms with Crippen LogP contribution in [0.2, 0.25) is 0 Å². The van der Waals surface area contributed by atoms with Gasteiger partial charge < -0.3 is 5.11 Å². The van der Waals surface area contributed by atoms with Gasteiger partial charge in [0.15, 0.2) is 0 Å². The first-order valence-electron chi connectivity index (χ1n) is 7.30. The third-order valence-electron chi connectivity index (χ3n) is 4.52. The number of hydrogen-bond donors (Lipinski definition) is 1. The molecule has 1 saturated heterocycles. The van der Waals surface area contributed by atoms with Crippen LogP contribution in [0.25, 0.3) is 0 Å². The molecule has 1 N–H and O–H groups in total. The highest BCUT2D eigenvalue weighted by Crippen LogP contribution is 2.40. The second-order valence-corrected chi connectivity index (χ2v) is 5.47. The predicted molar refractivity (Wildman–Crippen MR) is 76.0 cm³/mol. The fourth-order valence-electron chi connectivity index (χ4n) is 3.46. The van der Waals surface area contributed by atoms with Crippen molar-refractivity contribution in [3.05, 3.63) is 35.6 Å². The summed E-state index contributed by atoms with van der Waals surface area (Å²) in [5, 5.41) is 9.66. The van der Waals surface area contributed by atoms with E-state index in [2.05, 4.69) is 4.90 Å². The molecule has 1 aliphatic heterocycles. The lowest BCUT2D eigenvalue weighted by Gasteiger charge is -2.39. The molecule has 0 bridgehead atoms. The summed E-state index contributed by atoms with van der Waals surface area (Å²) >= 11 is 0. The molecule has 4 heteroatoms. The van der Waals surface area contributed by atoms with Crippen molar-refractivity contribution in [2.24, 2.45) is 0 Å². The van der Waals surface area contributed by atoms with Gasteiger partial charge in [0.1, 0.15) is 11.4 Å². The molecule has 110 valence electrons. The zero-order valence-corrected chi connectivity index (χ0v) is 12.1. The van der Waals surface area contributed by atoms with Gasteiger partial charge in [0.05, 0.1) is 0 Å². The Morgan fingerprint density at radius 1 is 1.50 bits per heavy atom. The number of benzene rings is 1. The van der Waals surface area contributed by atoms with Crippen LogP contribution in [0, 0.1) is 5.82 Å². The Labute approximate surface area is 119 Å². The third-order valence-corrected chi connectivity index (χ3v) is 4.52. The van der Waals surface area contributed by atoms with E-state index >= 15 is 0 Å². The maximum absolute atomic E-state index is 13.4. The first-order chi connectivity index (χ1) is 9.55. The number of carbonyl (C=O) groups is 1. The molecule has 0 aromatic heterocycles.